The summed E-state index contributed by atoms with van der Waals surface area (Å²) in [6.45, 7) is 5.63. The lowest BCUT2D eigenvalue weighted by Gasteiger charge is -2.12. The van der Waals surface area contributed by atoms with Crippen molar-refractivity contribution < 1.29 is 21.7 Å². The van der Waals surface area contributed by atoms with Crippen molar-refractivity contribution in [3.05, 3.63) is 41.7 Å². The maximum absolute atomic E-state index is 13.1. The molecule has 114 valence electrons. The number of rotatable bonds is 3. The quantitative estimate of drug-likeness (QED) is 0.944. The summed E-state index contributed by atoms with van der Waals surface area (Å²) in [5, 5.41) is 3.60. The Bertz CT molecular complexity index is 764. The molecule has 2 rings (SSSR count). The summed E-state index contributed by atoms with van der Waals surface area (Å²) in [5.41, 5.74) is -0.335. The smallest absolute Gasteiger partial charge is 0.263 e. The summed E-state index contributed by atoms with van der Waals surface area (Å²) in [7, 11) is -4.06. The van der Waals surface area contributed by atoms with Gasteiger partial charge in [0.25, 0.3) is 10.0 Å². The molecule has 0 aliphatic rings. The van der Waals surface area contributed by atoms with Gasteiger partial charge in [0.1, 0.15) is 5.76 Å². The van der Waals surface area contributed by atoms with Crippen LogP contribution in [0.3, 0.4) is 0 Å². The van der Waals surface area contributed by atoms with Gasteiger partial charge < -0.3 is 4.52 Å². The SMILES string of the molecule is CC(C)(C)c1cc(NS(=O)(=O)c2ccc(F)c(F)c2)no1. The van der Waals surface area contributed by atoms with E-state index in [0.29, 0.717) is 11.8 Å². The summed E-state index contributed by atoms with van der Waals surface area (Å²) < 4.78 is 57.2. The number of aromatic nitrogens is 1. The van der Waals surface area contributed by atoms with Crippen molar-refractivity contribution in [1.29, 1.82) is 0 Å². The van der Waals surface area contributed by atoms with E-state index in [-0.39, 0.29) is 11.2 Å². The minimum absolute atomic E-state index is 0.0235. The van der Waals surface area contributed by atoms with E-state index in [1.165, 1.54) is 6.07 Å². The zero-order valence-corrected chi connectivity index (χ0v) is 12.5. The van der Waals surface area contributed by atoms with Crippen molar-refractivity contribution in [3.63, 3.8) is 0 Å². The molecule has 8 heteroatoms. The first-order chi connectivity index (χ1) is 9.59. The fraction of sp³-hybridized carbons (Fsp3) is 0.308. The van der Waals surface area contributed by atoms with E-state index in [4.69, 9.17) is 4.52 Å². The Balaban J connectivity index is 2.29. The highest BCUT2D eigenvalue weighted by Crippen LogP contribution is 2.25. The third-order valence-electron chi connectivity index (χ3n) is 2.69. The van der Waals surface area contributed by atoms with Crippen LogP contribution in [0, 0.1) is 11.6 Å². The lowest BCUT2D eigenvalue weighted by Crippen LogP contribution is -2.14. The number of benzene rings is 1. The summed E-state index contributed by atoms with van der Waals surface area (Å²) >= 11 is 0. The molecule has 21 heavy (non-hydrogen) atoms. The Labute approximate surface area is 121 Å². The lowest BCUT2D eigenvalue weighted by molar-refractivity contribution is 0.331. The Morgan fingerprint density at radius 3 is 2.33 bits per heavy atom. The first-order valence-corrected chi connectivity index (χ1v) is 7.53. The van der Waals surface area contributed by atoms with E-state index in [0.717, 1.165) is 12.1 Å². The Kier molecular flexibility index (Phi) is 3.75. The van der Waals surface area contributed by atoms with Crippen LogP contribution in [0.2, 0.25) is 0 Å². The zero-order chi connectivity index (χ0) is 15.8. The first kappa shape index (κ1) is 15.4. The third kappa shape index (κ3) is 3.38. The van der Waals surface area contributed by atoms with Gasteiger partial charge in [-0.05, 0) is 18.2 Å². The van der Waals surface area contributed by atoms with E-state index in [1.807, 2.05) is 20.8 Å². The van der Waals surface area contributed by atoms with Crippen LogP contribution in [0.4, 0.5) is 14.6 Å². The number of nitrogens with one attached hydrogen (secondary N) is 1. The van der Waals surface area contributed by atoms with Crippen molar-refractivity contribution in [2.24, 2.45) is 0 Å². The van der Waals surface area contributed by atoms with E-state index in [1.54, 1.807) is 0 Å². The second-order valence-corrected chi connectivity index (χ2v) is 7.19. The summed E-state index contributed by atoms with van der Waals surface area (Å²) in [6.07, 6.45) is 0. The highest BCUT2D eigenvalue weighted by molar-refractivity contribution is 7.92. The molecule has 1 aromatic carbocycles. The van der Waals surface area contributed by atoms with Gasteiger partial charge >= 0.3 is 0 Å². The highest BCUT2D eigenvalue weighted by atomic mass is 32.2. The molecule has 0 saturated carbocycles. The van der Waals surface area contributed by atoms with Gasteiger partial charge in [0.2, 0.25) is 0 Å². The molecule has 0 atom stereocenters. The highest BCUT2D eigenvalue weighted by Gasteiger charge is 2.23. The van der Waals surface area contributed by atoms with Gasteiger partial charge in [0, 0.05) is 11.5 Å². The van der Waals surface area contributed by atoms with Crippen LogP contribution in [0.25, 0.3) is 0 Å². The van der Waals surface area contributed by atoms with Gasteiger partial charge in [0.05, 0.1) is 4.90 Å². The van der Waals surface area contributed by atoms with Crippen LogP contribution in [0.5, 0.6) is 0 Å². The molecule has 1 N–H and O–H groups in total. The normalized spacial score (nSPS) is 12.4. The standard InChI is InChI=1S/C13H14F2N2O3S/c1-13(2,3)11-7-12(16-20-11)17-21(18,19)8-4-5-9(14)10(15)6-8/h4-7H,1-3H3,(H,16,17). The fourth-order valence-corrected chi connectivity index (χ4v) is 2.51. The third-order valence-corrected chi connectivity index (χ3v) is 4.04. The van der Waals surface area contributed by atoms with Crippen molar-refractivity contribution >= 4 is 15.8 Å². The number of anilines is 1. The van der Waals surface area contributed by atoms with Crippen molar-refractivity contribution in [1.82, 2.24) is 5.16 Å². The summed E-state index contributed by atoms with van der Waals surface area (Å²) in [5.74, 6) is -1.89. The predicted molar refractivity (Wildman–Crippen MR) is 72.4 cm³/mol. The second-order valence-electron chi connectivity index (χ2n) is 5.51. The summed E-state index contributed by atoms with van der Waals surface area (Å²) in [4.78, 5) is -0.401. The fourth-order valence-electron chi connectivity index (χ4n) is 1.52. The molecule has 0 radical (unpaired) electrons. The molecule has 1 heterocycles. The largest absolute Gasteiger partial charge is 0.359 e. The van der Waals surface area contributed by atoms with Gasteiger partial charge in [-0.1, -0.05) is 25.9 Å². The molecule has 5 nitrogen and oxygen atoms in total. The molecule has 0 aliphatic heterocycles. The molecule has 0 aliphatic carbocycles. The summed E-state index contributed by atoms with van der Waals surface area (Å²) in [6, 6.07) is 3.75. The molecule has 1 aromatic heterocycles. The molecule has 0 fully saturated rings. The molecule has 0 bridgehead atoms. The Hall–Kier alpha value is -1.96. The number of sulfonamides is 1. The minimum Gasteiger partial charge on any atom is -0.359 e. The molecule has 0 spiro atoms. The maximum Gasteiger partial charge on any atom is 0.263 e. The number of nitrogens with zero attached hydrogens (tertiary/aromatic N) is 1. The molecular weight excluding hydrogens is 302 g/mol. The van der Waals surface area contributed by atoms with E-state index >= 15 is 0 Å². The number of halogens is 2. The first-order valence-electron chi connectivity index (χ1n) is 6.05. The number of hydrogen-bond acceptors (Lipinski definition) is 4. The van der Waals surface area contributed by atoms with Crippen LogP contribution in [-0.4, -0.2) is 13.6 Å². The van der Waals surface area contributed by atoms with Crippen molar-refractivity contribution in [3.8, 4) is 0 Å². The van der Waals surface area contributed by atoms with Gasteiger partial charge in [-0.3, -0.25) is 4.72 Å². The van der Waals surface area contributed by atoms with E-state index in [9.17, 15) is 17.2 Å². The van der Waals surface area contributed by atoms with E-state index in [2.05, 4.69) is 9.88 Å². The van der Waals surface area contributed by atoms with Crippen LogP contribution >= 0.6 is 0 Å². The average molecular weight is 316 g/mol. The molecule has 0 amide bonds. The predicted octanol–water partition coefficient (Wildman–Crippen LogP) is 3.05. The molecule has 0 saturated heterocycles. The average Bonchev–Trinajstić information content (AvgIpc) is 2.80. The van der Waals surface area contributed by atoms with Crippen LogP contribution in [-0.2, 0) is 15.4 Å². The number of hydrogen-bond donors (Lipinski definition) is 1. The molecule has 2 aromatic rings. The van der Waals surface area contributed by atoms with Gasteiger partial charge in [-0.2, -0.15) is 0 Å². The monoisotopic (exact) mass is 316 g/mol. The lowest BCUT2D eigenvalue weighted by atomic mass is 9.93. The van der Waals surface area contributed by atoms with Crippen LogP contribution < -0.4 is 4.72 Å². The van der Waals surface area contributed by atoms with Crippen molar-refractivity contribution in [2.45, 2.75) is 31.1 Å². The van der Waals surface area contributed by atoms with Crippen LogP contribution in [0.1, 0.15) is 26.5 Å². The zero-order valence-electron chi connectivity index (χ0n) is 11.6. The van der Waals surface area contributed by atoms with Crippen molar-refractivity contribution in [2.75, 3.05) is 4.72 Å². The van der Waals surface area contributed by atoms with E-state index < -0.39 is 26.6 Å². The van der Waals surface area contributed by atoms with Gasteiger partial charge in [-0.15, -0.1) is 0 Å². The maximum atomic E-state index is 13.1. The second kappa shape index (κ2) is 5.10. The molecule has 0 unspecified atom stereocenters. The minimum atomic E-state index is -4.06. The Morgan fingerprint density at radius 2 is 1.81 bits per heavy atom. The van der Waals surface area contributed by atoms with Crippen LogP contribution in [0.15, 0.2) is 33.7 Å². The Morgan fingerprint density at radius 1 is 1.14 bits per heavy atom. The molecular formula is C13H14F2N2O3S. The topological polar surface area (TPSA) is 72.2 Å². The van der Waals surface area contributed by atoms with Gasteiger partial charge in [0.15, 0.2) is 17.5 Å². The van der Waals surface area contributed by atoms with Gasteiger partial charge in [-0.25, -0.2) is 17.2 Å².